The van der Waals surface area contributed by atoms with Crippen LogP contribution in [0.2, 0.25) is 0 Å². The highest BCUT2D eigenvalue weighted by atomic mass is 127. The number of hydrogen-bond acceptors (Lipinski definition) is 3. The lowest BCUT2D eigenvalue weighted by molar-refractivity contribution is -0.114. The molecule has 0 heterocycles. The van der Waals surface area contributed by atoms with Crippen LogP contribution in [-0.4, -0.2) is 27.1 Å². The minimum Gasteiger partial charge on any atom is -0.324 e. The number of benzene rings is 2. The second-order valence-electron chi connectivity index (χ2n) is 4.80. The van der Waals surface area contributed by atoms with Crippen molar-refractivity contribution in [3.63, 3.8) is 0 Å². The molecule has 0 fully saturated rings. The predicted octanol–water partition coefficient (Wildman–Crippen LogP) is 2.84. The molecule has 2 aromatic carbocycles. The first-order valence-corrected chi connectivity index (χ1v) is 9.47. The minimum absolute atomic E-state index is 0.270. The minimum atomic E-state index is -3.63. The van der Waals surface area contributed by atoms with Crippen molar-refractivity contribution in [3.8, 4) is 0 Å². The maximum absolute atomic E-state index is 13.1. The van der Waals surface area contributed by atoms with E-state index in [1.165, 1.54) is 18.2 Å². The highest BCUT2D eigenvalue weighted by Gasteiger charge is 2.20. The van der Waals surface area contributed by atoms with E-state index >= 15 is 0 Å². The Kier molecular flexibility index (Phi) is 5.58. The molecular formula is C15H14FIN2O3S. The van der Waals surface area contributed by atoms with Gasteiger partial charge in [-0.25, -0.2) is 12.8 Å². The van der Waals surface area contributed by atoms with E-state index in [1.807, 2.05) is 0 Å². The highest BCUT2D eigenvalue weighted by molar-refractivity contribution is 14.1. The van der Waals surface area contributed by atoms with Crippen LogP contribution in [0.1, 0.15) is 0 Å². The monoisotopic (exact) mass is 448 g/mol. The van der Waals surface area contributed by atoms with E-state index in [9.17, 15) is 17.6 Å². The summed E-state index contributed by atoms with van der Waals surface area (Å²) in [4.78, 5) is 12.1. The largest absolute Gasteiger partial charge is 0.324 e. The Morgan fingerprint density at radius 2 is 1.87 bits per heavy atom. The Morgan fingerprint density at radius 3 is 2.43 bits per heavy atom. The second-order valence-corrected chi connectivity index (χ2v) is 7.96. The van der Waals surface area contributed by atoms with Crippen LogP contribution in [0, 0.1) is 9.39 Å². The van der Waals surface area contributed by atoms with Gasteiger partial charge in [0, 0.05) is 9.26 Å². The zero-order chi connectivity index (χ0) is 17.0. The number of anilines is 2. The van der Waals surface area contributed by atoms with Gasteiger partial charge in [-0.2, -0.15) is 0 Å². The van der Waals surface area contributed by atoms with Crippen molar-refractivity contribution in [2.45, 2.75) is 0 Å². The maximum atomic E-state index is 13.1. The average Bonchev–Trinajstić information content (AvgIpc) is 2.45. The molecule has 1 amide bonds. The van der Waals surface area contributed by atoms with Crippen molar-refractivity contribution in [2.75, 3.05) is 22.4 Å². The summed E-state index contributed by atoms with van der Waals surface area (Å²) < 4.78 is 38.9. The van der Waals surface area contributed by atoms with Gasteiger partial charge in [-0.15, -0.1) is 0 Å². The SMILES string of the molecule is CS(=O)(=O)N(CC(=O)Nc1cccc(F)c1)c1ccc(I)cc1. The third-order valence-corrected chi connectivity index (χ3v) is 4.77. The van der Waals surface area contributed by atoms with E-state index in [4.69, 9.17) is 0 Å². The number of halogens is 2. The number of hydrogen-bond donors (Lipinski definition) is 1. The van der Waals surface area contributed by atoms with Crippen LogP contribution >= 0.6 is 22.6 Å². The number of carbonyl (C=O) groups excluding carboxylic acids is 1. The van der Waals surface area contributed by atoms with Gasteiger partial charge >= 0.3 is 0 Å². The molecule has 0 bridgehead atoms. The van der Waals surface area contributed by atoms with Crippen molar-refractivity contribution in [1.82, 2.24) is 0 Å². The Labute approximate surface area is 147 Å². The number of nitrogens with zero attached hydrogens (tertiary/aromatic N) is 1. The van der Waals surface area contributed by atoms with Gasteiger partial charge in [0.05, 0.1) is 11.9 Å². The first-order valence-electron chi connectivity index (χ1n) is 6.54. The molecule has 0 aromatic heterocycles. The summed E-state index contributed by atoms with van der Waals surface area (Å²) in [7, 11) is -3.63. The maximum Gasteiger partial charge on any atom is 0.245 e. The number of sulfonamides is 1. The number of carbonyl (C=O) groups is 1. The molecule has 0 radical (unpaired) electrons. The third-order valence-electron chi connectivity index (χ3n) is 2.91. The van der Waals surface area contributed by atoms with E-state index < -0.39 is 28.3 Å². The summed E-state index contributed by atoms with van der Waals surface area (Å²) in [5.41, 5.74) is 0.661. The lowest BCUT2D eigenvalue weighted by Gasteiger charge is -2.22. The molecule has 0 aliphatic rings. The normalized spacial score (nSPS) is 11.1. The molecular weight excluding hydrogens is 434 g/mol. The van der Waals surface area contributed by atoms with Gasteiger partial charge in [-0.3, -0.25) is 9.10 Å². The number of nitrogens with one attached hydrogen (secondary N) is 1. The summed E-state index contributed by atoms with van der Waals surface area (Å²) in [6, 6.07) is 12.1. The molecule has 0 saturated heterocycles. The molecule has 122 valence electrons. The summed E-state index contributed by atoms with van der Waals surface area (Å²) in [6.45, 7) is -0.393. The molecule has 2 aromatic rings. The Hall–Kier alpha value is -1.68. The van der Waals surface area contributed by atoms with E-state index in [0.717, 1.165) is 20.2 Å². The Bertz CT molecular complexity index is 810. The van der Waals surface area contributed by atoms with Crippen LogP contribution in [0.15, 0.2) is 48.5 Å². The summed E-state index contributed by atoms with van der Waals surface area (Å²) >= 11 is 2.10. The zero-order valence-corrected chi connectivity index (χ0v) is 15.1. The van der Waals surface area contributed by atoms with Gasteiger partial charge in [-0.1, -0.05) is 6.07 Å². The summed E-state index contributed by atoms with van der Waals surface area (Å²) in [5, 5.41) is 2.48. The smallest absolute Gasteiger partial charge is 0.245 e. The molecule has 0 aliphatic heterocycles. The van der Waals surface area contributed by atoms with Crippen molar-refractivity contribution in [2.24, 2.45) is 0 Å². The molecule has 2 rings (SSSR count). The molecule has 0 unspecified atom stereocenters. The van der Waals surface area contributed by atoms with Crippen molar-refractivity contribution in [1.29, 1.82) is 0 Å². The Morgan fingerprint density at radius 1 is 1.22 bits per heavy atom. The van der Waals surface area contributed by atoms with Gasteiger partial charge < -0.3 is 5.32 Å². The molecule has 23 heavy (non-hydrogen) atoms. The first kappa shape index (κ1) is 17.7. The molecule has 0 spiro atoms. The van der Waals surface area contributed by atoms with Gasteiger partial charge in [-0.05, 0) is 65.1 Å². The number of rotatable bonds is 5. The standard InChI is InChI=1S/C15H14FIN2O3S/c1-23(21,22)19(14-7-5-12(17)6-8-14)10-15(20)18-13-4-2-3-11(16)9-13/h2-9H,10H2,1H3,(H,18,20). The number of amides is 1. The average molecular weight is 448 g/mol. The molecule has 0 saturated carbocycles. The van der Waals surface area contributed by atoms with Gasteiger partial charge in [0.1, 0.15) is 12.4 Å². The van der Waals surface area contributed by atoms with E-state index in [-0.39, 0.29) is 5.69 Å². The summed E-state index contributed by atoms with van der Waals surface area (Å²) in [5.74, 6) is -1.04. The first-order chi connectivity index (χ1) is 10.8. The van der Waals surface area contributed by atoms with Crippen molar-refractivity contribution >= 4 is 49.9 Å². The third kappa shape index (κ3) is 5.17. The molecule has 0 atom stereocenters. The zero-order valence-electron chi connectivity index (χ0n) is 12.2. The van der Waals surface area contributed by atoms with Crippen molar-refractivity contribution < 1.29 is 17.6 Å². The van der Waals surface area contributed by atoms with E-state index in [1.54, 1.807) is 24.3 Å². The fraction of sp³-hybridized carbons (Fsp3) is 0.133. The fourth-order valence-corrected chi connectivity index (χ4v) is 3.12. The molecule has 1 N–H and O–H groups in total. The van der Waals surface area contributed by atoms with Crippen LogP contribution in [0.4, 0.5) is 15.8 Å². The van der Waals surface area contributed by atoms with Crippen LogP contribution in [0.3, 0.4) is 0 Å². The van der Waals surface area contributed by atoms with Gasteiger partial charge in [0.2, 0.25) is 15.9 Å². The van der Waals surface area contributed by atoms with E-state index in [2.05, 4.69) is 27.9 Å². The van der Waals surface area contributed by atoms with Crippen LogP contribution in [0.5, 0.6) is 0 Å². The summed E-state index contributed by atoms with van der Waals surface area (Å²) in [6.07, 6.45) is 1.03. The highest BCUT2D eigenvalue weighted by Crippen LogP contribution is 2.19. The van der Waals surface area contributed by atoms with Crippen LogP contribution in [0.25, 0.3) is 0 Å². The van der Waals surface area contributed by atoms with Gasteiger partial charge in [0.15, 0.2) is 0 Å². The second kappa shape index (κ2) is 7.26. The molecule has 0 aliphatic carbocycles. The van der Waals surface area contributed by atoms with Crippen molar-refractivity contribution in [3.05, 3.63) is 57.9 Å². The van der Waals surface area contributed by atoms with Gasteiger partial charge in [0.25, 0.3) is 0 Å². The lowest BCUT2D eigenvalue weighted by Crippen LogP contribution is -2.37. The molecule has 8 heteroatoms. The van der Waals surface area contributed by atoms with Crippen LogP contribution in [-0.2, 0) is 14.8 Å². The molecule has 5 nitrogen and oxygen atoms in total. The van der Waals surface area contributed by atoms with E-state index in [0.29, 0.717) is 5.69 Å². The Balaban J connectivity index is 2.18. The quantitative estimate of drug-likeness (QED) is 0.716. The lowest BCUT2D eigenvalue weighted by atomic mass is 10.3. The topological polar surface area (TPSA) is 66.5 Å². The fourth-order valence-electron chi connectivity index (χ4n) is 1.90. The van der Waals surface area contributed by atoms with Crippen LogP contribution < -0.4 is 9.62 Å². The predicted molar refractivity (Wildman–Crippen MR) is 96.4 cm³/mol.